The predicted molar refractivity (Wildman–Crippen MR) is 150 cm³/mol. The fourth-order valence-corrected chi connectivity index (χ4v) is 4.40. The minimum atomic E-state index is -0.489. The van der Waals surface area contributed by atoms with Crippen molar-refractivity contribution < 1.29 is 4.79 Å². The lowest BCUT2D eigenvalue weighted by Crippen LogP contribution is -2.40. The molecule has 6 nitrogen and oxygen atoms in total. The van der Waals surface area contributed by atoms with E-state index in [1.54, 1.807) is 39.8 Å². The lowest BCUT2D eigenvalue weighted by Gasteiger charge is -2.31. The quantitative estimate of drug-likeness (QED) is 0.252. The highest BCUT2D eigenvalue weighted by Gasteiger charge is 2.27. The van der Waals surface area contributed by atoms with Crippen LogP contribution in [0.15, 0.2) is 82.1 Å². The molecule has 0 radical (unpaired) electrons. The molecule has 0 saturated heterocycles. The van der Waals surface area contributed by atoms with Gasteiger partial charge in [-0.3, -0.25) is 9.36 Å². The van der Waals surface area contributed by atoms with Gasteiger partial charge in [-0.2, -0.15) is 0 Å². The Morgan fingerprint density at radius 1 is 1.03 bits per heavy atom. The zero-order chi connectivity index (χ0) is 25.8. The van der Waals surface area contributed by atoms with Crippen LogP contribution in [0, 0.1) is 5.92 Å². The molecule has 1 N–H and O–H groups in total. The van der Waals surface area contributed by atoms with Crippen molar-refractivity contribution in [2.75, 3.05) is 11.9 Å². The Balaban J connectivity index is 1.81. The van der Waals surface area contributed by atoms with Gasteiger partial charge >= 0.3 is 6.03 Å². The molecule has 8 heteroatoms. The van der Waals surface area contributed by atoms with Crippen molar-refractivity contribution in [3.05, 3.63) is 98.5 Å². The molecule has 0 saturated carbocycles. The molecule has 0 spiro atoms. The molecule has 2 amide bonds. The second-order valence-corrected chi connectivity index (χ2v) is 10.4. The van der Waals surface area contributed by atoms with Crippen molar-refractivity contribution in [3.8, 4) is 5.69 Å². The van der Waals surface area contributed by atoms with Crippen LogP contribution in [0.3, 0.4) is 0 Å². The molecular weight excluding hydrogens is 540 g/mol. The number of halogens is 2. The highest BCUT2D eigenvalue weighted by atomic mass is 79.9. The maximum atomic E-state index is 13.7. The highest BCUT2D eigenvalue weighted by Crippen LogP contribution is 2.25. The number of hydrogen-bond donors (Lipinski definition) is 1. The highest BCUT2D eigenvalue weighted by molar-refractivity contribution is 9.10. The first-order valence-corrected chi connectivity index (χ1v) is 13.0. The van der Waals surface area contributed by atoms with Gasteiger partial charge in [0.05, 0.1) is 22.6 Å². The van der Waals surface area contributed by atoms with Crippen LogP contribution in [0.25, 0.3) is 16.6 Å². The van der Waals surface area contributed by atoms with Crippen LogP contribution in [0.2, 0.25) is 5.02 Å². The maximum absolute atomic E-state index is 13.7. The fourth-order valence-electron chi connectivity index (χ4n) is 4.01. The van der Waals surface area contributed by atoms with E-state index in [0.717, 1.165) is 10.9 Å². The van der Waals surface area contributed by atoms with Crippen LogP contribution in [0.5, 0.6) is 0 Å². The van der Waals surface area contributed by atoms with Gasteiger partial charge in [-0.1, -0.05) is 53.5 Å². The second-order valence-electron chi connectivity index (χ2n) is 9.09. The summed E-state index contributed by atoms with van der Waals surface area (Å²) in [7, 11) is 0. The summed E-state index contributed by atoms with van der Waals surface area (Å²) < 4.78 is 2.51. The molecule has 0 aliphatic heterocycles. The molecule has 1 atom stereocenters. The van der Waals surface area contributed by atoms with Crippen molar-refractivity contribution >= 4 is 50.2 Å². The Morgan fingerprint density at radius 3 is 2.36 bits per heavy atom. The molecule has 0 aliphatic carbocycles. The van der Waals surface area contributed by atoms with Crippen molar-refractivity contribution in [2.24, 2.45) is 5.92 Å². The molecular formula is C28H28BrClN4O2. The minimum absolute atomic E-state index is 0.174. The van der Waals surface area contributed by atoms with Crippen LogP contribution < -0.4 is 10.9 Å². The molecule has 36 heavy (non-hydrogen) atoms. The van der Waals surface area contributed by atoms with Gasteiger partial charge < -0.3 is 10.2 Å². The largest absolute Gasteiger partial charge is 0.322 e. The third-order valence-corrected chi connectivity index (χ3v) is 6.81. The second kappa shape index (κ2) is 11.3. The Bertz CT molecular complexity index is 1420. The molecule has 186 valence electrons. The number of hydrogen-bond acceptors (Lipinski definition) is 3. The summed E-state index contributed by atoms with van der Waals surface area (Å²) in [5.41, 5.74) is 1.75. The summed E-state index contributed by atoms with van der Waals surface area (Å²) in [5, 5.41) is 4.09. The molecule has 0 aliphatic rings. The average Bonchev–Trinajstić information content (AvgIpc) is 2.86. The minimum Gasteiger partial charge on any atom is -0.315 e. The number of urea groups is 1. The van der Waals surface area contributed by atoms with Crippen LogP contribution in [-0.4, -0.2) is 27.0 Å². The monoisotopic (exact) mass is 566 g/mol. The lowest BCUT2D eigenvalue weighted by atomic mass is 10.1. The average molecular weight is 568 g/mol. The van der Waals surface area contributed by atoms with Crippen LogP contribution in [-0.2, 0) is 0 Å². The van der Waals surface area contributed by atoms with Gasteiger partial charge in [0.2, 0.25) is 0 Å². The molecule has 4 aromatic rings. The number of rotatable bonds is 7. The number of nitrogens with zero attached hydrogens (tertiary/aromatic N) is 3. The first-order valence-electron chi connectivity index (χ1n) is 11.9. The number of amides is 2. The first-order chi connectivity index (χ1) is 17.2. The van der Waals surface area contributed by atoms with Gasteiger partial charge in [-0.05, 0) is 79.9 Å². The van der Waals surface area contributed by atoms with E-state index < -0.39 is 6.04 Å². The normalized spacial score (nSPS) is 12.1. The number of para-hydroxylation sites is 1. The molecule has 1 heterocycles. The van der Waals surface area contributed by atoms with Gasteiger partial charge in [0, 0.05) is 21.7 Å². The Kier molecular flexibility index (Phi) is 8.11. The molecule has 0 bridgehead atoms. The van der Waals surface area contributed by atoms with Crippen molar-refractivity contribution in [1.29, 1.82) is 0 Å². The van der Waals surface area contributed by atoms with Gasteiger partial charge in [-0.15, -0.1) is 0 Å². The van der Waals surface area contributed by atoms with E-state index in [9.17, 15) is 9.59 Å². The van der Waals surface area contributed by atoms with Crippen LogP contribution in [0.4, 0.5) is 10.5 Å². The van der Waals surface area contributed by atoms with E-state index in [1.165, 1.54) is 0 Å². The van der Waals surface area contributed by atoms with Crippen LogP contribution in [0.1, 0.15) is 39.1 Å². The summed E-state index contributed by atoms with van der Waals surface area (Å²) in [6, 6.07) is 21.0. The Morgan fingerprint density at radius 2 is 1.69 bits per heavy atom. The maximum Gasteiger partial charge on any atom is 0.322 e. The third-order valence-electron chi connectivity index (χ3n) is 6.03. The summed E-state index contributed by atoms with van der Waals surface area (Å²) in [6.45, 7) is 6.65. The van der Waals surface area contributed by atoms with E-state index in [1.807, 2.05) is 49.4 Å². The molecule has 0 fully saturated rings. The van der Waals surface area contributed by atoms with E-state index >= 15 is 0 Å². The van der Waals surface area contributed by atoms with E-state index in [0.29, 0.717) is 45.6 Å². The summed E-state index contributed by atoms with van der Waals surface area (Å²) in [4.78, 5) is 33.9. The van der Waals surface area contributed by atoms with Crippen molar-refractivity contribution in [1.82, 2.24) is 14.5 Å². The smallest absolute Gasteiger partial charge is 0.315 e. The van der Waals surface area contributed by atoms with Gasteiger partial charge in [0.15, 0.2) is 0 Å². The van der Waals surface area contributed by atoms with Gasteiger partial charge in [0.1, 0.15) is 5.82 Å². The van der Waals surface area contributed by atoms with E-state index in [2.05, 4.69) is 35.1 Å². The zero-order valence-electron chi connectivity index (χ0n) is 20.4. The Hall–Kier alpha value is -3.16. The lowest BCUT2D eigenvalue weighted by molar-refractivity contribution is 0.185. The topological polar surface area (TPSA) is 67.2 Å². The summed E-state index contributed by atoms with van der Waals surface area (Å²) >= 11 is 9.47. The standard InChI is InChI=1S/C28H28BrClN4O2/c1-18(2)16-17-33(28(36)31-22-12-10-21(30)11-13-22)19(3)26-32-25-7-5-4-6-24(25)27(35)34(26)23-14-8-20(29)9-15-23/h4-15,18-19H,16-17H2,1-3H3,(H,31,36). The van der Waals surface area contributed by atoms with E-state index in [4.69, 9.17) is 16.6 Å². The van der Waals surface area contributed by atoms with Gasteiger partial charge in [-0.25, -0.2) is 9.78 Å². The van der Waals surface area contributed by atoms with Crippen molar-refractivity contribution in [2.45, 2.75) is 33.2 Å². The number of benzene rings is 3. The number of carbonyl (C=O) groups is 1. The van der Waals surface area contributed by atoms with Crippen molar-refractivity contribution in [3.63, 3.8) is 0 Å². The number of carbonyl (C=O) groups excluding carboxylic acids is 1. The molecule has 4 rings (SSSR count). The molecule has 1 unspecified atom stereocenters. The summed E-state index contributed by atoms with van der Waals surface area (Å²) in [5.74, 6) is 0.886. The number of anilines is 1. The number of fused-ring (bicyclic) bond motifs is 1. The van der Waals surface area contributed by atoms with E-state index in [-0.39, 0.29) is 11.6 Å². The predicted octanol–water partition coefficient (Wildman–Crippen LogP) is 7.44. The summed E-state index contributed by atoms with van der Waals surface area (Å²) in [6.07, 6.45) is 0.800. The fraction of sp³-hybridized carbons (Fsp3) is 0.250. The Labute approximate surface area is 224 Å². The van der Waals surface area contributed by atoms with Gasteiger partial charge in [0.25, 0.3) is 5.56 Å². The third kappa shape index (κ3) is 5.79. The number of aromatic nitrogens is 2. The molecule has 3 aromatic carbocycles. The number of nitrogens with one attached hydrogen (secondary N) is 1. The SMILES string of the molecule is CC(C)CCN(C(=O)Nc1ccc(Cl)cc1)C(C)c1nc2ccccc2c(=O)n1-c1ccc(Br)cc1. The molecule has 1 aromatic heterocycles. The zero-order valence-corrected chi connectivity index (χ0v) is 22.8. The first kappa shape index (κ1) is 25.9. The van der Waals surface area contributed by atoms with Crippen LogP contribution >= 0.6 is 27.5 Å².